The molecule has 3 rings (SSSR count). The Kier molecular flexibility index (Phi) is 8.55. The first-order chi connectivity index (χ1) is 17.4. The molecule has 1 aliphatic heterocycles. The normalized spacial score (nSPS) is 19.7. The van der Waals surface area contributed by atoms with Gasteiger partial charge in [-0.1, -0.05) is 0 Å². The maximum absolute atomic E-state index is 13.3. The van der Waals surface area contributed by atoms with Gasteiger partial charge in [0.15, 0.2) is 28.3 Å². The number of aliphatic hydroxyl groups excluding tert-OH is 1. The molecule has 0 saturated heterocycles. The Morgan fingerprint density at radius 3 is 2.43 bits per heavy atom. The van der Waals surface area contributed by atoms with Gasteiger partial charge in [0, 0.05) is 0 Å². The zero-order valence-electron chi connectivity index (χ0n) is 20.2. The van der Waals surface area contributed by atoms with Gasteiger partial charge in [-0.15, -0.1) is 0 Å². The number of esters is 2. The smallest absolute Gasteiger partial charge is 0.342 e. The van der Waals surface area contributed by atoms with Crippen molar-refractivity contribution in [3.05, 3.63) is 28.2 Å². The summed E-state index contributed by atoms with van der Waals surface area (Å²) in [4.78, 5) is 45.8. The molecule has 7 N–H and O–H groups in total. The number of hydrogen-bond donors (Lipinski definition) is 6. The minimum Gasteiger partial charge on any atom is -0.506 e. The number of nitrogens with zero attached hydrogens (tertiary/aromatic N) is 3. The zero-order valence-corrected chi connectivity index (χ0v) is 21.1. The van der Waals surface area contributed by atoms with Crippen molar-refractivity contribution in [2.75, 3.05) is 38.6 Å². The molecule has 0 saturated carbocycles. The average Bonchev–Trinajstić information content (AvgIpc) is 3.34. The molecular formula is C19H28N7O10P. The van der Waals surface area contributed by atoms with Crippen molar-refractivity contribution in [3.63, 3.8) is 0 Å². The van der Waals surface area contributed by atoms with Crippen LogP contribution in [0.3, 0.4) is 0 Å². The maximum atomic E-state index is 13.3. The summed E-state index contributed by atoms with van der Waals surface area (Å²) in [5.74, 6) is -2.68. The third kappa shape index (κ3) is 6.26. The number of aromatic amines is 1. The summed E-state index contributed by atoms with van der Waals surface area (Å²) in [5, 5.41) is 26.3. The van der Waals surface area contributed by atoms with Gasteiger partial charge in [-0.05, 0) is 20.8 Å². The number of ether oxygens (including phenoxy) is 3. The third-order valence-corrected chi connectivity index (χ3v) is 6.67. The van der Waals surface area contributed by atoms with E-state index < -0.39 is 62.5 Å². The largest absolute Gasteiger partial charge is 0.506 e. The average molecular weight is 545 g/mol. The summed E-state index contributed by atoms with van der Waals surface area (Å²) in [6.07, 6.45) is -0.209. The van der Waals surface area contributed by atoms with Crippen LogP contribution in [0.1, 0.15) is 27.0 Å². The van der Waals surface area contributed by atoms with E-state index in [0.717, 1.165) is 6.33 Å². The summed E-state index contributed by atoms with van der Waals surface area (Å²) in [7, 11) is -4.13. The monoisotopic (exact) mass is 545 g/mol. The number of carbonyl (C=O) groups is 2. The number of imidazole rings is 1. The van der Waals surface area contributed by atoms with Crippen LogP contribution < -0.4 is 21.5 Å². The number of nitrogens with one attached hydrogen (secondary N) is 3. The Bertz CT molecular complexity index is 1280. The number of aromatic nitrogens is 4. The van der Waals surface area contributed by atoms with Gasteiger partial charge in [0.2, 0.25) is 12.2 Å². The van der Waals surface area contributed by atoms with Gasteiger partial charge < -0.3 is 30.2 Å². The first-order valence-corrected chi connectivity index (χ1v) is 12.6. The van der Waals surface area contributed by atoms with Crippen LogP contribution in [0.5, 0.6) is 0 Å². The van der Waals surface area contributed by atoms with Crippen LogP contribution in [0.2, 0.25) is 0 Å². The second-order valence-corrected chi connectivity index (χ2v) is 9.76. The van der Waals surface area contributed by atoms with Crippen molar-refractivity contribution in [1.29, 1.82) is 0 Å². The number of hydrogen-bond acceptors (Lipinski definition) is 13. The van der Waals surface area contributed by atoms with E-state index in [1.54, 1.807) is 13.8 Å². The second-order valence-electron chi connectivity index (χ2n) is 7.77. The molecule has 0 aromatic carbocycles. The van der Waals surface area contributed by atoms with E-state index in [9.17, 15) is 29.2 Å². The summed E-state index contributed by atoms with van der Waals surface area (Å²) < 4.78 is 35.0. The number of H-pyrrole nitrogens is 1. The molecule has 2 aromatic rings. The number of anilines is 1. The summed E-state index contributed by atoms with van der Waals surface area (Å²) in [6.45, 7) is 2.83. The molecule has 1 aliphatic rings. The quantitative estimate of drug-likeness (QED) is 0.141. The lowest BCUT2D eigenvalue weighted by molar-refractivity contribution is -0.142. The van der Waals surface area contributed by atoms with Crippen LogP contribution in [0, 0.1) is 0 Å². The molecule has 1 unspecified atom stereocenters. The van der Waals surface area contributed by atoms with Crippen LogP contribution in [0.4, 0.5) is 5.95 Å². The molecular weight excluding hydrogens is 517 g/mol. The van der Waals surface area contributed by atoms with E-state index in [4.69, 9.17) is 24.5 Å². The highest BCUT2D eigenvalue weighted by molar-refractivity contribution is 7.54. The Hall–Kier alpha value is -3.50. The van der Waals surface area contributed by atoms with Gasteiger partial charge in [-0.25, -0.2) is 15.2 Å². The second kappa shape index (κ2) is 11.3. The number of aliphatic hydroxyl groups is 2. The third-order valence-electron chi connectivity index (χ3n) is 5.03. The highest BCUT2D eigenvalue weighted by atomic mass is 31.2. The van der Waals surface area contributed by atoms with E-state index >= 15 is 0 Å². The molecule has 0 bridgehead atoms. The first kappa shape index (κ1) is 28.1. The number of nitrogens with two attached hydrogens (primary N) is 1. The van der Waals surface area contributed by atoms with Gasteiger partial charge in [0.1, 0.15) is 26.0 Å². The highest BCUT2D eigenvalue weighted by Crippen LogP contribution is 2.44. The van der Waals surface area contributed by atoms with Crippen LogP contribution in [-0.4, -0.2) is 80.2 Å². The van der Waals surface area contributed by atoms with Gasteiger partial charge >= 0.3 is 19.6 Å². The predicted molar refractivity (Wildman–Crippen MR) is 126 cm³/mol. The van der Waals surface area contributed by atoms with Crippen molar-refractivity contribution in [2.24, 2.45) is 0 Å². The lowest BCUT2D eigenvalue weighted by atomic mass is 10.0. The molecule has 0 radical (unpaired) electrons. The molecule has 0 aliphatic carbocycles. The van der Waals surface area contributed by atoms with Crippen molar-refractivity contribution in [3.8, 4) is 0 Å². The number of carbonyl (C=O) groups excluding carboxylic acids is 2. The zero-order chi connectivity index (χ0) is 27.4. The Morgan fingerprint density at radius 2 is 1.86 bits per heavy atom. The summed E-state index contributed by atoms with van der Waals surface area (Å²) >= 11 is 0. The van der Waals surface area contributed by atoms with Gasteiger partial charge in [0.05, 0.1) is 13.2 Å². The number of rotatable bonds is 12. The molecule has 18 heteroatoms. The van der Waals surface area contributed by atoms with Crippen molar-refractivity contribution in [1.82, 2.24) is 29.7 Å². The first-order valence-electron chi connectivity index (χ1n) is 11.0. The highest BCUT2D eigenvalue weighted by Gasteiger charge is 2.49. The van der Waals surface area contributed by atoms with Gasteiger partial charge in [-0.3, -0.25) is 33.0 Å². The number of nitrogen functional groups attached to an aromatic ring is 1. The molecule has 0 amide bonds. The van der Waals surface area contributed by atoms with E-state index in [1.165, 1.54) is 11.5 Å². The Balaban J connectivity index is 1.79. The molecule has 0 fully saturated rings. The SMILES string of the molecule is CCOC(=O)CNP(=O)(NCC(=O)OCC)OCC1=C(O)C(C)(O)[C@H](n2cnc3c(=O)[nH]c(N)nc32)O1. The molecule has 37 heavy (non-hydrogen) atoms. The van der Waals surface area contributed by atoms with Gasteiger partial charge in [-0.2, -0.15) is 4.98 Å². The fourth-order valence-electron chi connectivity index (χ4n) is 3.31. The molecule has 17 nitrogen and oxygen atoms in total. The van der Waals surface area contributed by atoms with Crippen LogP contribution in [-0.2, 0) is 32.9 Å². The van der Waals surface area contributed by atoms with E-state index in [2.05, 4.69) is 25.1 Å². The van der Waals surface area contributed by atoms with E-state index in [1.807, 2.05) is 0 Å². The van der Waals surface area contributed by atoms with E-state index in [0.29, 0.717) is 0 Å². The molecule has 204 valence electrons. The fourth-order valence-corrected chi connectivity index (χ4v) is 4.58. The number of fused-ring (bicyclic) bond motifs is 1. The maximum Gasteiger partial charge on any atom is 0.342 e. The Labute approximate surface area is 209 Å². The fraction of sp³-hybridized carbons (Fsp3) is 0.526. The van der Waals surface area contributed by atoms with Gasteiger partial charge in [0.25, 0.3) is 5.56 Å². The standard InChI is InChI=1S/C19H28N7O10P/c1-4-33-11(27)6-22-37(32,23-7-12(28)34-5-2)35-8-10-14(29)19(3,31)17(36-10)26-9-21-13-15(26)24-18(20)25-16(13)30/h9,17,29,31H,4-8H2,1-3H3,(H2,22,23,32)(H3,20,24,25,30)/t17-,19?/m1/s1. The predicted octanol–water partition coefficient (Wildman–Crippen LogP) is -0.819. The minimum absolute atomic E-state index is 0.0284. The van der Waals surface area contributed by atoms with Crippen molar-refractivity contribution in [2.45, 2.75) is 32.6 Å². The molecule has 2 aromatic heterocycles. The lowest BCUT2D eigenvalue weighted by Crippen LogP contribution is -2.35. The summed E-state index contributed by atoms with van der Waals surface area (Å²) in [6, 6.07) is 0. The summed E-state index contributed by atoms with van der Waals surface area (Å²) in [5.41, 5.74) is 2.80. The van der Waals surface area contributed by atoms with Crippen LogP contribution in [0.25, 0.3) is 11.2 Å². The molecule has 3 heterocycles. The van der Waals surface area contributed by atoms with Crippen molar-refractivity contribution >= 4 is 36.7 Å². The topological polar surface area (TPSA) is 242 Å². The van der Waals surface area contributed by atoms with E-state index in [-0.39, 0.29) is 36.1 Å². The molecule has 0 spiro atoms. The lowest BCUT2D eigenvalue weighted by Gasteiger charge is -2.25. The molecule has 2 atom stereocenters. The van der Waals surface area contributed by atoms with Crippen LogP contribution >= 0.6 is 7.67 Å². The van der Waals surface area contributed by atoms with Crippen molar-refractivity contribution < 1.29 is 43.1 Å². The van der Waals surface area contributed by atoms with Crippen LogP contribution in [0.15, 0.2) is 22.6 Å². The minimum atomic E-state index is -4.13. The Morgan fingerprint density at radius 1 is 1.27 bits per heavy atom.